The van der Waals surface area contributed by atoms with Crippen molar-refractivity contribution in [2.45, 2.75) is 77.4 Å². The minimum absolute atomic E-state index is 0.00151. The number of aryl methyl sites for hydroxylation is 3. The number of hydrogen-bond acceptors (Lipinski definition) is 5. The van der Waals surface area contributed by atoms with Crippen molar-refractivity contribution in [3.05, 3.63) is 45.1 Å². The highest BCUT2D eigenvalue weighted by Crippen LogP contribution is 2.38. The summed E-state index contributed by atoms with van der Waals surface area (Å²) in [6.07, 6.45) is 6.62. The lowest BCUT2D eigenvalue weighted by molar-refractivity contribution is -0.113. The fourth-order valence-corrected chi connectivity index (χ4v) is 6.41. The van der Waals surface area contributed by atoms with Crippen molar-refractivity contribution in [1.29, 1.82) is 0 Å². The minimum Gasteiger partial charge on any atom is -0.325 e. The Morgan fingerprint density at radius 1 is 1.16 bits per heavy atom. The van der Waals surface area contributed by atoms with Gasteiger partial charge in [0.2, 0.25) is 5.91 Å². The first-order valence-corrected chi connectivity index (χ1v) is 13.5. The number of amides is 1. The van der Waals surface area contributed by atoms with E-state index in [1.807, 2.05) is 11.3 Å². The molecule has 0 fully saturated rings. The van der Waals surface area contributed by atoms with Crippen LogP contribution in [0.3, 0.4) is 0 Å². The lowest BCUT2D eigenvalue weighted by atomic mass is 9.95. The Morgan fingerprint density at radius 3 is 2.56 bits per heavy atom. The van der Waals surface area contributed by atoms with E-state index >= 15 is 0 Å². The van der Waals surface area contributed by atoms with Crippen LogP contribution in [0.2, 0.25) is 0 Å². The molecular weight excluding hydrogens is 436 g/mol. The van der Waals surface area contributed by atoms with Gasteiger partial charge in [-0.15, -0.1) is 21.5 Å². The van der Waals surface area contributed by atoms with Gasteiger partial charge in [0.1, 0.15) is 0 Å². The third-order valence-electron chi connectivity index (χ3n) is 6.08. The lowest BCUT2D eigenvalue weighted by Gasteiger charge is -2.16. The molecule has 1 aliphatic rings. The summed E-state index contributed by atoms with van der Waals surface area (Å²) in [7, 11) is 0. The second-order valence-electron chi connectivity index (χ2n) is 8.52. The van der Waals surface area contributed by atoms with Gasteiger partial charge in [-0.3, -0.25) is 9.36 Å². The quantitative estimate of drug-likeness (QED) is 0.393. The molecule has 32 heavy (non-hydrogen) atoms. The summed E-state index contributed by atoms with van der Waals surface area (Å²) in [5.41, 5.74) is 6.01. The van der Waals surface area contributed by atoms with Crippen molar-refractivity contribution in [3.8, 4) is 11.4 Å². The van der Waals surface area contributed by atoms with Gasteiger partial charge in [-0.25, -0.2) is 0 Å². The highest BCUT2D eigenvalue weighted by atomic mass is 32.2. The predicted octanol–water partition coefficient (Wildman–Crippen LogP) is 6.32. The van der Waals surface area contributed by atoms with E-state index in [9.17, 15) is 4.79 Å². The van der Waals surface area contributed by atoms with Gasteiger partial charge in [-0.2, -0.15) is 0 Å². The summed E-state index contributed by atoms with van der Waals surface area (Å²) in [6, 6.07) is 6.46. The summed E-state index contributed by atoms with van der Waals surface area (Å²) in [5, 5.41) is 15.3. The van der Waals surface area contributed by atoms with Crippen LogP contribution in [-0.2, 0) is 30.5 Å². The lowest BCUT2D eigenvalue weighted by Crippen LogP contribution is -2.17. The van der Waals surface area contributed by atoms with Crippen LogP contribution in [0.5, 0.6) is 0 Å². The first kappa shape index (κ1) is 23.1. The third kappa shape index (κ3) is 4.64. The number of carbonyl (C=O) groups is 1. The second-order valence-corrected chi connectivity index (χ2v) is 10.4. The second kappa shape index (κ2) is 10.2. The Bertz CT molecular complexity index is 1080. The Kier molecular flexibility index (Phi) is 7.36. The van der Waals surface area contributed by atoms with Crippen LogP contribution < -0.4 is 5.32 Å². The number of benzene rings is 1. The van der Waals surface area contributed by atoms with Gasteiger partial charge in [-0.05, 0) is 69.1 Å². The molecule has 0 aliphatic heterocycles. The standard InChI is InChI=1S/C25H32N4OS2/c1-5-17-10-9-11-18(6-2)23(17)26-22(30)15-32-25-28-27-24(29(25)16(3)4)20-14-31-21-13-8-7-12-19(20)21/h9-11,14,16H,5-8,12-13,15H2,1-4H3,(H,26,30). The number of carbonyl (C=O) groups excluding carboxylic acids is 1. The van der Waals surface area contributed by atoms with Crippen LogP contribution in [0, 0.1) is 0 Å². The summed E-state index contributed by atoms with van der Waals surface area (Å²) in [5.74, 6) is 1.25. The average Bonchev–Trinajstić information content (AvgIpc) is 3.41. The van der Waals surface area contributed by atoms with Crippen molar-refractivity contribution in [3.63, 3.8) is 0 Å². The zero-order chi connectivity index (χ0) is 22.7. The molecule has 7 heteroatoms. The van der Waals surface area contributed by atoms with Crippen molar-refractivity contribution in [1.82, 2.24) is 14.8 Å². The minimum atomic E-state index is -0.00151. The van der Waals surface area contributed by atoms with Crippen LogP contribution >= 0.6 is 23.1 Å². The Hall–Kier alpha value is -2.12. The van der Waals surface area contributed by atoms with Crippen LogP contribution in [0.4, 0.5) is 5.69 Å². The Labute approximate surface area is 199 Å². The number of thioether (sulfide) groups is 1. The van der Waals surface area contributed by atoms with E-state index in [0.29, 0.717) is 5.75 Å². The number of nitrogens with one attached hydrogen (secondary N) is 1. The van der Waals surface area contributed by atoms with Gasteiger partial charge >= 0.3 is 0 Å². The number of thiophene rings is 1. The number of aromatic nitrogens is 3. The summed E-state index contributed by atoms with van der Waals surface area (Å²) < 4.78 is 2.19. The molecule has 5 nitrogen and oxygen atoms in total. The van der Waals surface area contributed by atoms with Crippen LogP contribution in [-0.4, -0.2) is 26.4 Å². The maximum atomic E-state index is 12.8. The molecule has 0 saturated carbocycles. The molecule has 0 saturated heterocycles. The largest absolute Gasteiger partial charge is 0.325 e. The molecule has 0 spiro atoms. The molecule has 1 amide bonds. The van der Waals surface area contributed by atoms with Crippen LogP contribution in [0.25, 0.3) is 11.4 Å². The Morgan fingerprint density at radius 2 is 1.88 bits per heavy atom. The molecule has 0 radical (unpaired) electrons. The number of nitrogens with zero attached hydrogens (tertiary/aromatic N) is 3. The molecule has 0 atom stereocenters. The fraction of sp³-hybridized carbons (Fsp3) is 0.480. The normalized spacial score (nSPS) is 13.4. The highest BCUT2D eigenvalue weighted by molar-refractivity contribution is 7.99. The van der Waals surface area contributed by atoms with Crippen LogP contribution in [0.1, 0.15) is 68.1 Å². The zero-order valence-corrected chi connectivity index (χ0v) is 21.0. The number of para-hydroxylation sites is 1. The average molecular weight is 469 g/mol. The maximum Gasteiger partial charge on any atom is 0.234 e. The molecule has 4 rings (SSSR count). The van der Waals surface area contributed by atoms with E-state index in [0.717, 1.165) is 35.9 Å². The summed E-state index contributed by atoms with van der Waals surface area (Å²) >= 11 is 3.32. The number of rotatable bonds is 8. The van der Waals surface area contributed by atoms with Gasteiger partial charge in [0.05, 0.1) is 5.75 Å². The van der Waals surface area contributed by atoms with Crippen molar-refractivity contribution < 1.29 is 4.79 Å². The topological polar surface area (TPSA) is 59.8 Å². The SMILES string of the molecule is CCc1cccc(CC)c1NC(=O)CSc1nnc(-c2csc3c2CCCC3)n1C(C)C. The van der Waals surface area contributed by atoms with Gasteiger partial charge in [0, 0.05) is 27.5 Å². The van der Waals surface area contributed by atoms with Gasteiger partial charge in [0.25, 0.3) is 0 Å². The molecule has 170 valence electrons. The summed E-state index contributed by atoms with van der Waals surface area (Å²) in [6.45, 7) is 8.55. The monoisotopic (exact) mass is 468 g/mol. The van der Waals surface area contributed by atoms with E-state index < -0.39 is 0 Å². The zero-order valence-electron chi connectivity index (χ0n) is 19.4. The van der Waals surface area contributed by atoms with Gasteiger partial charge < -0.3 is 5.32 Å². The van der Waals surface area contributed by atoms with Crippen LogP contribution in [0.15, 0.2) is 28.7 Å². The molecule has 0 unspecified atom stereocenters. The summed E-state index contributed by atoms with van der Waals surface area (Å²) in [4.78, 5) is 14.3. The molecule has 1 N–H and O–H groups in total. The number of anilines is 1. The molecule has 1 aliphatic carbocycles. The maximum absolute atomic E-state index is 12.8. The molecular formula is C25H32N4OS2. The van der Waals surface area contributed by atoms with Crippen molar-refractivity contribution >= 4 is 34.7 Å². The van der Waals surface area contributed by atoms with E-state index in [4.69, 9.17) is 0 Å². The van der Waals surface area contributed by atoms with Gasteiger partial charge in [0.15, 0.2) is 11.0 Å². The molecule has 1 aromatic carbocycles. The molecule has 3 aromatic rings. The highest BCUT2D eigenvalue weighted by Gasteiger charge is 2.24. The van der Waals surface area contributed by atoms with E-state index in [1.165, 1.54) is 58.2 Å². The first-order valence-electron chi connectivity index (χ1n) is 11.6. The smallest absolute Gasteiger partial charge is 0.234 e. The number of hydrogen-bond donors (Lipinski definition) is 1. The molecule has 2 aromatic heterocycles. The Balaban J connectivity index is 1.52. The van der Waals surface area contributed by atoms with Gasteiger partial charge in [-0.1, -0.05) is 43.8 Å². The van der Waals surface area contributed by atoms with E-state index in [2.05, 4.69) is 71.4 Å². The predicted molar refractivity (Wildman–Crippen MR) is 135 cm³/mol. The molecule has 2 heterocycles. The number of fused-ring (bicyclic) bond motifs is 1. The van der Waals surface area contributed by atoms with E-state index in [1.54, 1.807) is 0 Å². The fourth-order valence-electron chi connectivity index (χ4n) is 4.41. The third-order valence-corrected chi connectivity index (χ3v) is 8.11. The molecule has 0 bridgehead atoms. The first-order chi connectivity index (χ1) is 15.5. The van der Waals surface area contributed by atoms with Crippen molar-refractivity contribution in [2.75, 3.05) is 11.1 Å². The van der Waals surface area contributed by atoms with Crippen molar-refractivity contribution in [2.24, 2.45) is 0 Å². The van der Waals surface area contributed by atoms with E-state index in [-0.39, 0.29) is 11.9 Å².